The molecule has 7 nitrogen and oxygen atoms in total. The van der Waals surface area contributed by atoms with Gasteiger partial charge in [0.2, 0.25) is 0 Å². The quantitative estimate of drug-likeness (QED) is 0.527. The maximum atomic E-state index is 15.6. The van der Waals surface area contributed by atoms with Gasteiger partial charge in [-0.05, 0) is 51.3 Å². The average Bonchev–Trinajstić information content (AvgIpc) is 3.47. The fourth-order valence-corrected chi connectivity index (χ4v) is 6.03. The van der Waals surface area contributed by atoms with Gasteiger partial charge in [0.1, 0.15) is 11.6 Å². The van der Waals surface area contributed by atoms with E-state index in [4.69, 9.17) is 22.4 Å². The lowest BCUT2D eigenvalue weighted by Crippen LogP contribution is -2.26. The van der Waals surface area contributed by atoms with Crippen LogP contribution in [0.4, 0.5) is 15.9 Å². The van der Waals surface area contributed by atoms with E-state index in [0.29, 0.717) is 10.6 Å². The number of nitrogen functional groups attached to an aromatic ring is 1. The second-order valence-corrected chi connectivity index (χ2v) is 10.1. The molecular weight excluding hydrogens is 455 g/mol. The zero-order chi connectivity index (χ0) is 24.4. The van der Waals surface area contributed by atoms with Crippen LogP contribution in [0.2, 0.25) is 5.02 Å². The Morgan fingerprint density at radius 2 is 2.09 bits per heavy atom. The van der Waals surface area contributed by atoms with Crippen molar-refractivity contribution in [2.45, 2.75) is 44.6 Å². The number of nitrogens with zero attached hydrogens (tertiary/aromatic N) is 4. The highest BCUT2D eigenvalue weighted by Crippen LogP contribution is 2.54. The summed E-state index contributed by atoms with van der Waals surface area (Å²) in [7, 11) is 3.12. The number of carbonyl (C=O) groups excluding carboxylic acids is 1. The Kier molecular flexibility index (Phi) is 5.31. The predicted molar refractivity (Wildman–Crippen MR) is 132 cm³/mol. The van der Waals surface area contributed by atoms with E-state index in [1.807, 2.05) is 6.92 Å². The Hall–Kier alpha value is -3.13. The number of benzene rings is 1. The molecule has 3 aromatic rings. The van der Waals surface area contributed by atoms with Gasteiger partial charge in [0.25, 0.3) is 5.91 Å². The lowest BCUT2D eigenvalue weighted by Gasteiger charge is -2.25. The van der Waals surface area contributed by atoms with Gasteiger partial charge >= 0.3 is 0 Å². The smallest absolute Gasteiger partial charge is 0.258 e. The summed E-state index contributed by atoms with van der Waals surface area (Å²) in [6, 6.07) is 5.46. The van der Waals surface area contributed by atoms with Gasteiger partial charge in [-0.3, -0.25) is 9.48 Å². The molecule has 1 spiro atoms. The molecular formula is C25H28ClFN6O. The Balaban J connectivity index is 1.58. The van der Waals surface area contributed by atoms with Crippen LogP contribution in [0.15, 0.2) is 24.4 Å². The molecule has 1 aliphatic heterocycles. The summed E-state index contributed by atoms with van der Waals surface area (Å²) in [6.45, 7) is 4.81. The number of rotatable bonds is 3. The number of nitrogens with one attached hydrogen (secondary N) is 1. The summed E-state index contributed by atoms with van der Waals surface area (Å²) in [4.78, 5) is 18.5. The molecule has 0 saturated heterocycles. The van der Waals surface area contributed by atoms with Crippen molar-refractivity contribution < 1.29 is 9.18 Å². The number of carbonyl (C=O) groups is 1. The fourth-order valence-electron chi connectivity index (χ4n) is 5.59. The van der Waals surface area contributed by atoms with Crippen LogP contribution in [0.25, 0.3) is 11.1 Å². The number of aromatic nitrogens is 3. The molecule has 2 atom stereocenters. The number of hydrogen-bond acceptors (Lipinski definition) is 5. The minimum absolute atomic E-state index is 0.0897. The van der Waals surface area contributed by atoms with E-state index in [2.05, 4.69) is 28.0 Å². The number of nitrogens with two attached hydrogens (primary N) is 1. The molecule has 1 saturated carbocycles. The van der Waals surface area contributed by atoms with Gasteiger partial charge in [-0.25, -0.2) is 9.37 Å². The molecule has 0 unspecified atom stereocenters. The van der Waals surface area contributed by atoms with Crippen LogP contribution in [0.1, 0.15) is 52.6 Å². The molecule has 9 heteroatoms. The average molecular weight is 483 g/mol. The van der Waals surface area contributed by atoms with Crippen molar-refractivity contribution in [2.75, 3.05) is 31.7 Å². The van der Waals surface area contributed by atoms with Crippen LogP contribution in [0.5, 0.6) is 0 Å². The number of amides is 1. The third-order valence-corrected chi connectivity index (χ3v) is 7.59. The molecule has 3 N–H and O–H groups in total. The highest BCUT2D eigenvalue weighted by atomic mass is 35.5. The van der Waals surface area contributed by atoms with Crippen LogP contribution in [0.3, 0.4) is 0 Å². The molecule has 34 heavy (non-hydrogen) atoms. The standard InChI is InChI=1S/C25H28ClFN6O/c1-13-9-14(2)33(31-13)15-7-8-25(10-15)12-30-23-20(25)21(26)17(11-29-23)16-5-6-18(28)19(22(16)27)24(34)32(3)4/h5-6,9,11,15H,7-8,10,12,28H2,1-4H3,(H,29,30)/t15-,25+/m0/s1. The van der Waals surface area contributed by atoms with E-state index in [1.54, 1.807) is 32.4 Å². The molecule has 1 aliphatic carbocycles. The highest BCUT2D eigenvalue weighted by molar-refractivity contribution is 6.34. The van der Waals surface area contributed by atoms with E-state index >= 15 is 4.39 Å². The van der Waals surface area contributed by atoms with E-state index < -0.39 is 11.7 Å². The van der Waals surface area contributed by atoms with Crippen LogP contribution in [-0.4, -0.2) is 46.2 Å². The third kappa shape index (κ3) is 3.35. The highest BCUT2D eigenvalue weighted by Gasteiger charge is 2.48. The van der Waals surface area contributed by atoms with Gasteiger partial charge in [-0.15, -0.1) is 0 Å². The summed E-state index contributed by atoms with van der Waals surface area (Å²) >= 11 is 7.00. The van der Waals surface area contributed by atoms with Crippen molar-refractivity contribution in [1.29, 1.82) is 0 Å². The Morgan fingerprint density at radius 3 is 2.76 bits per heavy atom. The second kappa shape index (κ2) is 7.98. The maximum absolute atomic E-state index is 15.6. The van der Waals surface area contributed by atoms with E-state index in [1.165, 1.54) is 4.90 Å². The van der Waals surface area contributed by atoms with Gasteiger partial charge in [-0.1, -0.05) is 11.6 Å². The SMILES string of the molecule is Cc1cc(C)n([C@H]2CC[C@]3(CNc4ncc(-c5ccc(N)c(C(=O)N(C)C)c5F)c(Cl)c43)C2)n1. The predicted octanol–water partition coefficient (Wildman–Crippen LogP) is 4.73. The van der Waals surface area contributed by atoms with Crippen LogP contribution in [0, 0.1) is 19.7 Å². The molecule has 2 aliphatic rings. The first-order chi connectivity index (χ1) is 16.1. The van der Waals surface area contributed by atoms with Gasteiger partial charge in [-0.2, -0.15) is 5.10 Å². The monoisotopic (exact) mass is 482 g/mol. The van der Waals surface area contributed by atoms with Crippen molar-refractivity contribution >= 4 is 29.0 Å². The van der Waals surface area contributed by atoms with Crippen LogP contribution < -0.4 is 11.1 Å². The number of anilines is 2. The zero-order valence-electron chi connectivity index (χ0n) is 19.7. The lowest BCUT2D eigenvalue weighted by atomic mass is 9.80. The van der Waals surface area contributed by atoms with Gasteiger partial charge in [0.15, 0.2) is 0 Å². The summed E-state index contributed by atoms with van der Waals surface area (Å²) in [5.41, 5.74) is 9.44. The lowest BCUT2D eigenvalue weighted by molar-refractivity contribution is 0.0824. The molecule has 2 aromatic heterocycles. The normalized spacial score (nSPS) is 21.1. The molecule has 0 bridgehead atoms. The van der Waals surface area contributed by atoms with Gasteiger partial charge < -0.3 is 16.0 Å². The maximum Gasteiger partial charge on any atom is 0.258 e. The van der Waals surface area contributed by atoms with E-state index in [-0.39, 0.29) is 28.3 Å². The zero-order valence-corrected chi connectivity index (χ0v) is 20.5. The third-order valence-electron chi connectivity index (χ3n) is 7.20. The van der Waals surface area contributed by atoms with Crippen molar-refractivity contribution in [3.05, 3.63) is 57.8 Å². The molecule has 1 fully saturated rings. The van der Waals surface area contributed by atoms with Crippen molar-refractivity contribution in [3.8, 4) is 11.1 Å². The van der Waals surface area contributed by atoms with E-state index in [9.17, 15) is 4.79 Å². The Morgan fingerprint density at radius 1 is 1.32 bits per heavy atom. The van der Waals surface area contributed by atoms with Crippen molar-refractivity contribution in [2.24, 2.45) is 0 Å². The summed E-state index contributed by atoms with van der Waals surface area (Å²) in [5, 5.41) is 8.58. The number of hydrogen-bond donors (Lipinski definition) is 2. The number of aryl methyl sites for hydroxylation is 2. The summed E-state index contributed by atoms with van der Waals surface area (Å²) < 4.78 is 17.7. The van der Waals surface area contributed by atoms with Gasteiger partial charge in [0.05, 0.1) is 22.3 Å². The number of halogens is 2. The number of pyridine rings is 1. The van der Waals surface area contributed by atoms with Crippen LogP contribution >= 0.6 is 11.6 Å². The summed E-state index contributed by atoms with van der Waals surface area (Å²) in [6.07, 6.45) is 4.34. The minimum Gasteiger partial charge on any atom is -0.398 e. The topological polar surface area (TPSA) is 89.1 Å². The molecule has 178 valence electrons. The Bertz CT molecular complexity index is 1320. The molecule has 1 amide bonds. The first kappa shape index (κ1) is 22.7. The van der Waals surface area contributed by atoms with Crippen molar-refractivity contribution in [1.82, 2.24) is 19.7 Å². The largest absolute Gasteiger partial charge is 0.398 e. The molecule has 0 radical (unpaired) electrons. The minimum atomic E-state index is -0.686. The first-order valence-electron chi connectivity index (χ1n) is 11.4. The molecule has 1 aromatic carbocycles. The van der Waals surface area contributed by atoms with Crippen molar-refractivity contribution in [3.63, 3.8) is 0 Å². The van der Waals surface area contributed by atoms with Gasteiger partial charge in [0, 0.05) is 60.3 Å². The molecule has 3 heterocycles. The first-order valence-corrected chi connectivity index (χ1v) is 11.8. The van der Waals surface area contributed by atoms with E-state index in [0.717, 1.165) is 48.6 Å². The van der Waals surface area contributed by atoms with Crippen LogP contribution in [-0.2, 0) is 5.41 Å². The number of fused-ring (bicyclic) bond motifs is 2. The Labute approximate surface area is 203 Å². The summed E-state index contributed by atoms with van der Waals surface area (Å²) in [5.74, 6) is -0.443. The second-order valence-electron chi connectivity index (χ2n) is 9.70. The fraction of sp³-hybridized carbons (Fsp3) is 0.400. The molecule has 5 rings (SSSR count).